The lowest BCUT2D eigenvalue weighted by atomic mass is 10.1. The van der Waals surface area contributed by atoms with Crippen molar-refractivity contribution in [1.82, 2.24) is 40.4 Å². The predicted octanol–water partition coefficient (Wildman–Crippen LogP) is 4.15. The molecule has 4 aliphatic rings. The molecule has 6 atom stereocenters. The summed E-state index contributed by atoms with van der Waals surface area (Å²) in [6.07, 6.45) is 7.23. The molecule has 0 saturated carbocycles. The zero-order valence-electron chi connectivity index (χ0n) is 28.2. The van der Waals surface area contributed by atoms with Crippen LogP contribution in [-0.2, 0) is 52.1 Å². The van der Waals surface area contributed by atoms with E-state index in [2.05, 4.69) is 43.3 Å². The maximum absolute atomic E-state index is 11.8. The van der Waals surface area contributed by atoms with E-state index >= 15 is 0 Å². The molecular formula is C28H51ClN8O8S2. The van der Waals surface area contributed by atoms with Crippen molar-refractivity contribution in [2.45, 2.75) is 121 Å². The molecule has 0 aliphatic carbocycles. The second-order valence-corrected chi connectivity index (χ2v) is 12.6. The van der Waals surface area contributed by atoms with Gasteiger partial charge in [0.05, 0.1) is 30.9 Å². The van der Waals surface area contributed by atoms with Crippen LogP contribution in [0.4, 0.5) is 0 Å². The minimum Gasteiger partial charge on any atom is -0.461 e. The van der Waals surface area contributed by atoms with Crippen LogP contribution in [0, 0.1) is 4.77 Å². The monoisotopic (exact) mass is 730 g/mol. The van der Waals surface area contributed by atoms with Crippen molar-refractivity contribution >= 4 is 47.5 Å². The van der Waals surface area contributed by atoms with Crippen molar-refractivity contribution in [1.29, 1.82) is 0 Å². The van der Waals surface area contributed by atoms with Gasteiger partial charge in [-0.1, -0.05) is 36.9 Å². The third-order valence-corrected chi connectivity index (χ3v) is 9.01. The van der Waals surface area contributed by atoms with Gasteiger partial charge in [-0.2, -0.15) is 5.21 Å². The Morgan fingerprint density at radius 1 is 1.00 bits per heavy atom. The number of aryl methyl sites for hydroxylation is 2. The molecule has 4 saturated heterocycles. The second kappa shape index (κ2) is 21.7. The minimum absolute atomic E-state index is 0. The van der Waals surface area contributed by atoms with Gasteiger partial charge in [0.2, 0.25) is 9.93 Å². The molecule has 0 aromatic carbocycles. The normalized spacial score (nSPS) is 27.7. The summed E-state index contributed by atoms with van der Waals surface area (Å²) in [5.41, 5.74) is 0. The van der Waals surface area contributed by atoms with Gasteiger partial charge in [-0.05, 0) is 61.2 Å². The van der Waals surface area contributed by atoms with Crippen LogP contribution in [0.25, 0.3) is 0 Å². The molecule has 2 unspecified atom stereocenters. The Morgan fingerprint density at radius 3 is 2.00 bits per heavy atom. The van der Waals surface area contributed by atoms with Gasteiger partial charge in [0.1, 0.15) is 12.2 Å². The first-order valence-electron chi connectivity index (χ1n) is 16.5. The second-order valence-electron chi connectivity index (χ2n) is 10.9. The fraction of sp³-hybridized carbons (Fsp3) is 0.857. The first-order valence-corrected chi connectivity index (χ1v) is 17.0. The van der Waals surface area contributed by atoms with Crippen molar-refractivity contribution in [2.24, 2.45) is 14.1 Å². The third-order valence-electron chi connectivity index (χ3n) is 7.17. The molecule has 0 radical (unpaired) electrons. The Hall–Kier alpha value is -2.22. The molecule has 1 N–H and O–H groups in total. The maximum atomic E-state index is 11.8. The molecule has 47 heavy (non-hydrogen) atoms. The zero-order chi connectivity index (χ0) is 34.7. The van der Waals surface area contributed by atoms with Gasteiger partial charge in [0.15, 0.2) is 12.6 Å². The smallest absolute Gasteiger partial charge is 0.308 e. The number of thioether (sulfide) groups is 1. The number of carbonyl (C=O) groups is 2. The fourth-order valence-corrected chi connectivity index (χ4v) is 6.04. The van der Waals surface area contributed by atoms with Crippen LogP contribution in [0.2, 0.25) is 0 Å². The van der Waals surface area contributed by atoms with Crippen LogP contribution < -0.4 is 0 Å². The van der Waals surface area contributed by atoms with E-state index in [4.69, 9.17) is 42.8 Å². The molecular weight excluding hydrogens is 676 g/mol. The Bertz CT molecular complexity index is 1270. The molecule has 2 aromatic heterocycles. The average molecular weight is 731 g/mol. The third kappa shape index (κ3) is 14.4. The Morgan fingerprint density at radius 2 is 1.57 bits per heavy atom. The van der Waals surface area contributed by atoms with Crippen LogP contribution >= 0.6 is 35.6 Å². The number of cyclic esters (lactones) is 2. The summed E-state index contributed by atoms with van der Waals surface area (Å²) in [4.78, 5) is 23.0. The highest BCUT2D eigenvalue weighted by molar-refractivity contribution is 7.99. The van der Waals surface area contributed by atoms with Gasteiger partial charge in [-0.25, -0.2) is 9.36 Å². The number of halogens is 1. The maximum Gasteiger partial charge on any atom is 0.308 e. The van der Waals surface area contributed by atoms with Gasteiger partial charge < -0.3 is 28.4 Å². The molecule has 19 heteroatoms. The molecule has 0 spiro atoms. The largest absolute Gasteiger partial charge is 0.461 e. The Labute approximate surface area is 294 Å². The number of ether oxygens (including phenoxy) is 6. The summed E-state index contributed by atoms with van der Waals surface area (Å²) < 4.78 is 48.5. The molecule has 6 rings (SSSR count). The summed E-state index contributed by atoms with van der Waals surface area (Å²) >= 11 is 11.8. The lowest BCUT2D eigenvalue weighted by Crippen LogP contribution is -2.38. The van der Waals surface area contributed by atoms with E-state index < -0.39 is 0 Å². The van der Waals surface area contributed by atoms with E-state index in [-0.39, 0.29) is 65.2 Å². The minimum atomic E-state index is -0.250. The SMILES string of the molecule is C.Cn1[nH]nnc1=S.Cn1nnnc1SC[C@@H]1C[C@@H](OC2CCCCO2)CC(=O)O1.O=C1C[C@H](OC2CCCCO2)C[C@@H](CCl)O1.[3H]C[3H].[HH]. The molecule has 270 valence electrons. The highest BCUT2D eigenvalue weighted by Gasteiger charge is 2.33. The topological polar surface area (TPSA) is 180 Å². The molecule has 0 amide bonds. The number of esters is 2. The Kier molecular flexibility index (Phi) is 17.3. The summed E-state index contributed by atoms with van der Waals surface area (Å²) in [6, 6.07) is 0. The first-order chi connectivity index (χ1) is 23.2. The highest BCUT2D eigenvalue weighted by Crippen LogP contribution is 2.27. The number of hydrogen-bond acceptors (Lipinski definition) is 15. The number of rotatable bonds is 8. The van der Waals surface area contributed by atoms with Crippen LogP contribution in [0.15, 0.2) is 5.16 Å². The zero-order valence-corrected chi connectivity index (χ0v) is 28.6. The number of nitrogens with zero attached hydrogens (tertiary/aromatic N) is 7. The van der Waals surface area contributed by atoms with Gasteiger partial charge in [0.25, 0.3) is 0 Å². The average Bonchev–Trinajstić information content (AvgIpc) is 3.67. The first kappa shape index (κ1) is 37.6. The van der Waals surface area contributed by atoms with Gasteiger partial charge in [-0.15, -0.1) is 16.7 Å². The van der Waals surface area contributed by atoms with Crippen LogP contribution in [0.5, 0.6) is 0 Å². The van der Waals surface area contributed by atoms with E-state index in [0.29, 0.717) is 47.2 Å². The number of aromatic nitrogens is 8. The van der Waals surface area contributed by atoms with E-state index in [1.165, 1.54) is 11.8 Å². The fourth-order valence-electron chi connectivity index (χ4n) is 4.91. The van der Waals surface area contributed by atoms with E-state index in [9.17, 15) is 9.59 Å². The molecule has 0 bridgehead atoms. The van der Waals surface area contributed by atoms with E-state index in [1.807, 2.05) is 0 Å². The number of nitrogens with one attached hydrogen (secondary N) is 1. The standard InChI is InChI=1S/C13H20N4O4S.C11H17ClO4.C2H4N4S.2CH4.H2/c1-17-13(14-15-16-17)22-8-10-6-9(7-11(18)20-10)21-12-4-2-3-5-19-12;12-7-9-5-8(6-10(13)15-9)16-11-3-1-2-4-14-11;1-6-2(7)3-4-5-6;;;/h9-10,12H,2-8H2,1H3;8-9,11H,1-7H2;1H3,(H,3,5,7);2*1H4;1H/t9-,10+,12?;8-,9+,11?;;;;/m11..../s1/i;;;1T2;;. The predicted molar refractivity (Wildman–Crippen MR) is 177 cm³/mol. The molecule has 16 nitrogen and oxygen atoms in total. The molecule has 4 fully saturated rings. The van der Waals surface area contributed by atoms with Crippen LogP contribution in [-0.4, -0.2) is 114 Å². The van der Waals surface area contributed by atoms with Crippen molar-refractivity contribution in [3.63, 3.8) is 0 Å². The van der Waals surface area contributed by atoms with Crippen LogP contribution in [0.3, 0.4) is 0 Å². The number of hydrogen-bond donors (Lipinski definition) is 1. The van der Waals surface area contributed by atoms with Gasteiger partial charge >= 0.3 is 11.9 Å². The van der Waals surface area contributed by atoms with E-state index in [0.717, 1.165) is 51.7 Å². The van der Waals surface area contributed by atoms with Crippen molar-refractivity contribution < 1.29 is 42.2 Å². The lowest BCUT2D eigenvalue weighted by molar-refractivity contribution is -0.208. The number of carbonyl (C=O) groups excluding carboxylic acids is 2. The van der Waals surface area contributed by atoms with Gasteiger partial charge in [-0.3, -0.25) is 9.59 Å². The van der Waals surface area contributed by atoms with Crippen molar-refractivity contribution in [2.75, 3.05) is 24.8 Å². The summed E-state index contributed by atoms with van der Waals surface area (Å²) in [6.45, 7) is 1.49. The summed E-state index contributed by atoms with van der Waals surface area (Å²) in [7, 11) is 3.28. The van der Waals surface area contributed by atoms with E-state index in [1.54, 1.807) is 23.5 Å². The number of H-pyrrole nitrogens is 1. The molecule has 4 aliphatic heterocycles. The Balaban J connectivity index is 0.000000391. The lowest BCUT2D eigenvalue weighted by Gasteiger charge is -2.32. The van der Waals surface area contributed by atoms with Crippen LogP contribution in [0.1, 0.15) is 83.2 Å². The van der Waals surface area contributed by atoms with Gasteiger partial charge in [0, 0.05) is 50.1 Å². The van der Waals surface area contributed by atoms with Crippen molar-refractivity contribution in [3.05, 3.63) is 4.77 Å². The number of aromatic amines is 1. The molecule has 2 aromatic rings. The summed E-state index contributed by atoms with van der Waals surface area (Å²) in [5, 5.41) is 21.4. The highest BCUT2D eigenvalue weighted by atomic mass is 35.5. The quantitative estimate of drug-likeness (QED) is 0.177. The number of tetrazole rings is 2. The number of alkyl halides is 1. The summed E-state index contributed by atoms with van der Waals surface area (Å²) in [5.74, 6) is 0.508. The van der Waals surface area contributed by atoms with Crippen molar-refractivity contribution in [3.8, 4) is 0 Å². The molecule has 6 heterocycles.